The van der Waals surface area contributed by atoms with Gasteiger partial charge in [0.1, 0.15) is 0 Å². The van der Waals surface area contributed by atoms with Crippen molar-refractivity contribution in [2.24, 2.45) is 0 Å². The molecule has 1 aliphatic carbocycles. The SMILES string of the molecule is O=C(CCOc1ccccc1F)NC1CCCc2ccccc21. The number of rotatable bonds is 5. The van der Waals surface area contributed by atoms with E-state index in [2.05, 4.69) is 17.4 Å². The molecule has 120 valence electrons. The van der Waals surface area contributed by atoms with E-state index in [-0.39, 0.29) is 30.7 Å². The van der Waals surface area contributed by atoms with Crippen LogP contribution < -0.4 is 10.1 Å². The smallest absolute Gasteiger partial charge is 0.223 e. The van der Waals surface area contributed by atoms with Crippen LogP contribution in [-0.4, -0.2) is 12.5 Å². The first kappa shape index (κ1) is 15.5. The highest BCUT2D eigenvalue weighted by Gasteiger charge is 2.21. The van der Waals surface area contributed by atoms with E-state index in [0.717, 1.165) is 19.3 Å². The van der Waals surface area contributed by atoms with Gasteiger partial charge in [0.2, 0.25) is 5.91 Å². The van der Waals surface area contributed by atoms with Gasteiger partial charge in [0, 0.05) is 0 Å². The van der Waals surface area contributed by atoms with E-state index < -0.39 is 5.82 Å². The van der Waals surface area contributed by atoms with Crippen molar-refractivity contribution in [3.05, 3.63) is 65.5 Å². The Morgan fingerprint density at radius 2 is 1.96 bits per heavy atom. The quantitative estimate of drug-likeness (QED) is 0.912. The molecule has 23 heavy (non-hydrogen) atoms. The largest absolute Gasteiger partial charge is 0.490 e. The van der Waals surface area contributed by atoms with Crippen LogP contribution in [0.5, 0.6) is 5.75 Å². The first-order valence-electron chi connectivity index (χ1n) is 7.98. The Morgan fingerprint density at radius 3 is 2.83 bits per heavy atom. The summed E-state index contributed by atoms with van der Waals surface area (Å²) in [5.41, 5.74) is 2.52. The predicted molar refractivity (Wildman–Crippen MR) is 86.8 cm³/mol. The van der Waals surface area contributed by atoms with Crippen LogP contribution in [0.2, 0.25) is 0 Å². The fourth-order valence-corrected chi connectivity index (χ4v) is 2.99. The van der Waals surface area contributed by atoms with Gasteiger partial charge in [-0.15, -0.1) is 0 Å². The van der Waals surface area contributed by atoms with Crippen molar-refractivity contribution >= 4 is 5.91 Å². The fourth-order valence-electron chi connectivity index (χ4n) is 2.99. The highest BCUT2D eigenvalue weighted by molar-refractivity contribution is 5.76. The van der Waals surface area contributed by atoms with Crippen molar-refractivity contribution in [3.8, 4) is 5.75 Å². The van der Waals surface area contributed by atoms with Crippen molar-refractivity contribution in [1.29, 1.82) is 0 Å². The van der Waals surface area contributed by atoms with Gasteiger partial charge >= 0.3 is 0 Å². The number of ether oxygens (including phenoxy) is 1. The van der Waals surface area contributed by atoms with E-state index >= 15 is 0 Å². The number of halogens is 1. The number of para-hydroxylation sites is 1. The van der Waals surface area contributed by atoms with Gasteiger partial charge in [-0.2, -0.15) is 0 Å². The first-order chi connectivity index (χ1) is 11.2. The normalized spacial score (nSPS) is 16.5. The van der Waals surface area contributed by atoms with E-state index in [1.165, 1.54) is 17.2 Å². The zero-order chi connectivity index (χ0) is 16.1. The number of fused-ring (bicyclic) bond motifs is 1. The maximum absolute atomic E-state index is 13.4. The molecule has 2 aromatic rings. The Labute approximate surface area is 135 Å². The summed E-state index contributed by atoms with van der Waals surface area (Å²) >= 11 is 0. The molecule has 1 unspecified atom stereocenters. The number of aryl methyl sites for hydroxylation is 1. The van der Waals surface area contributed by atoms with Crippen molar-refractivity contribution in [1.82, 2.24) is 5.32 Å². The van der Waals surface area contributed by atoms with Crippen LogP contribution >= 0.6 is 0 Å². The van der Waals surface area contributed by atoms with Crippen molar-refractivity contribution in [2.75, 3.05) is 6.61 Å². The molecule has 3 rings (SSSR count). The number of hydrogen-bond acceptors (Lipinski definition) is 2. The van der Waals surface area contributed by atoms with E-state index in [1.807, 2.05) is 12.1 Å². The minimum Gasteiger partial charge on any atom is -0.490 e. The Hall–Kier alpha value is -2.36. The molecule has 1 aliphatic rings. The molecule has 1 N–H and O–H groups in total. The lowest BCUT2D eigenvalue weighted by molar-refractivity contribution is -0.122. The lowest BCUT2D eigenvalue weighted by atomic mass is 9.88. The average molecular weight is 313 g/mol. The predicted octanol–water partition coefficient (Wildman–Crippen LogP) is 3.79. The molecule has 0 fully saturated rings. The summed E-state index contributed by atoms with van der Waals surface area (Å²) in [5.74, 6) is -0.291. The van der Waals surface area contributed by atoms with Gasteiger partial charge in [-0.25, -0.2) is 4.39 Å². The second-order valence-electron chi connectivity index (χ2n) is 5.74. The summed E-state index contributed by atoms with van der Waals surface area (Å²) in [6.07, 6.45) is 3.32. The Balaban J connectivity index is 1.52. The number of hydrogen-bond donors (Lipinski definition) is 1. The van der Waals surface area contributed by atoms with E-state index in [0.29, 0.717) is 0 Å². The summed E-state index contributed by atoms with van der Waals surface area (Å²) < 4.78 is 18.8. The maximum atomic E-state index is 13.4. The molecule has 0 saturated heterocycles. The van der Waals surface area contributed by atoms with Crippen LogP contribution in [0.4, 0.5) is 4.39 Å². The van der Waals surface area contributed by atoms with Crippen LogP contribution in [0.25, 0.3) is 0 Å². The van der Waals surface area contributed by atoms with Crippen LogP contribution in [0, 0.1) is 5.82 Å². The lowest BCUT2D eigenvalue weighted by Crippen LogP contribution is -2.31. The third-order valence-corrected chi connectivity index (χ3v) is 4.13. The number of carbonyl (C=O) groups is 1. The number of benzene rings is 2. The molecule has 0 spiro atoms. The van der Waals surface area contributed by atoms with Gasteiger partial charge in [-0.1, -0.05) is 36.4 Å². The average Bonchev–Trinajstić information content (AvgIpc) is 2.57. The lowest BCUT2D eigenvalue weighted by Gasteiger charge is -2.26. The molecule has 0 bridgehead atoms. The summed E-state index contributed by atoms with van der Waals surface area (Å²) in [4.78, 5) is 12.1. The first-order valence-corrected chi connectivity index (χ1v) is 7.98. The van der Waals surface area contributed by atoms with E-state index in [4.69, 9.17) is 4.74 Å². The van der Waals surface area contributed by atoms with Gasteiger partial charge in [0.15, 0.2) is 11.6 Å². The van der Waals surface area contributed by atoms with Gasteiger partial charge in [0.25, 0.3) is 0 Å². The summed E-state index contributed by atoms with van der Waals surface area (Å²) in [6, 6.07) is 14.5. The third kappa shape index (κ3) is 3.89. The molecular formula is C19H20FNO2. The second-order valence-corrected chi connectivity index (χ2v) is 5.74. The highest BCUT2D eigenvalue weighted by Crippen LogP contribution is 2.29. The third-order valence-electron chi connectivity index (χ3n) is 4.13. The van der Waals surface area contributed by atoms with Gasteiger partial charge in [0.05, 0.1) is 19.1 Å². The van der Waals surface area contributed by atoms with Crippen molar-refractivity contribution < 1.29 is 13.9 Å². The second kappa shape index (κ2) is 7.27. The number of amides is 1. The molecule has 0 saturated carbocycles. The summed E-state index contributed by atoms with van der Waals surface area (Å²) in [6.45, 7) is 0.168. The minimum atomic E-state index is -0.408. The summed E-state index contributed by atoms with van der Waals surface area (Å²) in [7, 11) is 0. The molecule has 0 aromatic heterocycles. The van der Waals surface area contributed by atoms with Crippen molar-refractivity contribution in [2.45, 2.75) is 31.7 Å². The number of carbonyl (C=O) groups excluding carboxylic acids is 1. The topological polar surface area (TPSA) is 38.3 Å². The molecule has 3 nitrogen and oxygen atoms in total. The molecule has 4 heteroatoms. The van der Waals surface area contributed by atoms with Crippen LogP contribution in [0.3, 0.4) is 0 Å². The standard InChI is InChI=1S/C19H20FNO2/c20-16-9-3-4-11-18(16)23-13-12-19(22)21-17-10-5-7-14-6-1-2-8-15(14)17/h1-4,6,8-9,11,17H,5,7,10,12-13H2,(H,21,22). The Morgan fingerprint density at radius 1 is 1.17 bits per heavy atom. The molecule has 1 atom stereocenters. The molecule has 1 amide bonds. The zero-order valence-corrected chi connectivity index (χ0v) is 12.9. The van der Waals surface area contributed by atoms with Crippen LogP contribution in [-0.2, 0) is 11.2 Å². The molecule has 2 aromatic carbocycles. The fraction of sp³-hybridized carbons (Fsp3) is 0.316. The Bertz CT molecular complexity index is 687. The summed E-state index contributed by atoms with van der Waals surface area (Å²) in [5, 5.41) is 3.06. The van der Waals surface area contributed by atoms with Gasteiger partial charge < -0.3 is 10.1 Å². The number of nitrogens with one attached hydrogen (secondary N) is 1. The van der Waals surface area contributed by atoms with Gasteiger partial charge in [-0.3, -0.25) is 4.79 Å². The Kier molecular flexibility index (Phi) is 4.91. The van der Waals surface area contributed by atoms with Gasteiger partial charge in [-0.05, 0) is 42.5 Å². The monoisotopic (exact) mass is 313 g/mol. The minimum absolute atomic E-state index is 0.0666. The highest BCUT2D eigenvalue weighted by atomic mass is 19.1. The molecule has 0 aliphatic heterocycles. The van der Waals surface area contributed by atoms with Crippen LogP contribution in [0.1, 0.15) is 36.4 Å². The van der Waals surface area contributed by atoms with Crippen molar-refractivity contribution in [3.63, 3.8) is 0 Å². The van der Waals surface area contributed by atoms with Crippen LogP contribution in [0.15, 0.2) is 48.5 Å². The zero-order valence-electron chi connectivity index (χ0n) is 12.9. The molecule has 0 radical (unpaired) electrons. The van der Waals surface area contributed by atoms with E-state index in [9.17, 15) is 9.18 Å². The molecular weight excluding hydrogens is 293 g/mol. The van der Waals surface area contributed by atoms with E-state index in [1.54, 1.807) is 18.2 Å². The molecule has 0 heterocycles. The maximum Gasteiger partial charge on any atom is 0.223 e.